The van der Waals surface area contributed by atoms with Gasteiger partial charge in [0.15, 0.2) is 0 Å². The van der Waals surface area contributed by atoms with Gasteiger partial charge in [0, 0.05) is 38.2 Å². The highest BCUT2D eigenvalue weighted by molar-refractivity contribution is 5.81. The maximum Gasteiger partial charge on any atom is 0.322 e. The molecule has 0 aromatic heterocycles. The molecule has 1 heterocycles. The maximum absolute atomic E-state index is 12.0. The van der Waals surface area contributed by atoms with E-state index in [1.807, 2.05) is 27.7 Å². The van der Waals surface area contributed by atoms with Crippen LogP contribution in [0.5, 0.6) is 0 Å². The number of amides is 3. The maximum atomic E-state index is 12.0. The Hall–Kier alpha value is -1.30. The Bertz CT molecular complexity index is 345. The molecule has 1 aliphatic rings. The predicted octanol–water partition coefficient (Wildman–Crippen LogP) is 1.27. The van der Waals surface area contributed by atoms with Crippen LogP contribution in [0.15, 0.2) is 0 Å². The van der Waals surface area contributed by atoms with Gasteiger partial charge in [0.25, 0.3) is 0 Å². The van der Waals surface area contributed by atoms with Gasteiger partial charge in [-0.1, -0.05) is 20.8 Å². The van der Waals surface area contributed by atoms with Gasteiger partial charge in [-0.25, -0.2) is 4.79 Å². The van der Waals surface area contributed by atoms with E-state index in [0.717, 1.165) is 6.42 Å². The van der Waals surface area contributed by atoms with Crippen molar-refractivity contribution in [3.63, 3.8) is 0 Å². The van der Waals surface area contributed by atoms with E-state index in [9.17, 15) is 9.59 Å². The average molecular weight is 285 g/mol. The Morgan fingerprint density at radius 2 is 1.95 bits per heavy atom. The minimum absolute atomic E-state index is 0.0116. The van der Waals surface area contributed by atoms with Gasteiger partial charge in [0.1, 0.15) is 6.73 Å². The van der Waals surface area contributed by atoms with Gasteiger partial charge in [0.2, 0.25) is 5.91 Å². The normalized spacial score (nSPS) is 15.9. The molecule has 6 nitrogen and oxygen atoms in total. The van der Waals surface area contributed by atoms with E-state index in [4.69, 9.17) is 4.74 Å². The fourth-order valence-corrected chi connectivity index (χ4v) is 1.87. The van der Waals surface area contributed by atoms with E-state index < -0.39 is 0 Å². The molecule has 0 atom stereocenters. The topological polar surface area (TPSA) is 61.9 Å². The fraction of sp³-hybridized carbons (Fsp3) is 0.857. The Balaban J connectivity index is 2.30. The third kappa shape index (κ3) is 4.37. The summed E-state index contributed by atoms with van der Waals surface area (Å²) in [6.07, 6.45) is 0.795. The highest BCUT2D eigenvalue weighted by atomic mass is 16.5. The number of urea groups is 1. The van der Waals surface area contributed by atoms with Crippen LogP contribution in [0.25, 0.3) is 0 Å². The molecule has 1 fully saturated rings. The van der Waals surface area contributed by atoms with Crippen LogP contribution in [0.4, 0.5) is 4.79 Å². The molecule has 0 aromatic rings. The zero-order chi connectivity index (χ0) is 15.2. The summed E-state index contributed by atoms with van der Waals surface area (Å²) in [7, 11) is 0. The SMILES string of the molecule is CCOCN1CCN(CCNC(=O)C(C)(C)CC)C1=O. The van der Waals surface area contributed by atoms with Crippen molar-refractivity contribution in [3.05, 3.63) is 0 Å². The van der Waals surface area contributed by atoms with Crippen molar-refractivity contribution in [1.82, 2.24) is 15.1 Å². The van der Waals surface area contributed by atoms with Gasteiger partial charge in [-0.3, -0.25) is 9.69 Å². The number of nitrogens with zero attached hydrogens (tertiary/aromatic N) is 2. The highest BCUT2D eigenvalue weighted by Gasteiger charge is 2.29. The standard InChI is InChI=1S/C14H27N3O3/c1-5-14(3,4)12(18)15-7-8-16-9-10-17(13(16)19)11-20-6-2/h5-11H2,1-4H3,(H,15,18). The Morgan fingerprint density at radius 1 is 1.30 bits per heavy atom. The number of hydrogen-bond donors (Lipinski definition) is 1. The molecule has 20 heavy (non-hydrogen) atoms. The lowest BCUT2D eigenvalue weighted by Crippen LogP contribution is -2.42. The van der Waals surface area contributed by atoms with Crippen LogP contribution < -0.4 is 5.32 Å². The number of carbonyl (C=O) groups is 2. The van der Waals surface area contributed by atoms with Crippen LogP contribution in [0.1, 0.15) is 34.1 Å². The lowest BCUT2D eigenvalue weighted by atomic mass is 9.89. The number of nitrogens with one attached hydrogen (secondary N) is 1. The summed E-state index contributed by atoms with van der Waals surface area (Å²) >= 11 is 0. The molecule has 1 N–H and O–H groups in total. The zero-order valence-corrected chi connectivity index (χ0v) is 13.1. The Labute approximate surface area is 121 Å². The van der Waals surface area contributed by atoms with E-state index in [1.54, 1.807) is 9.80 Å². The van der Waals surface area contributed by atoms with Gasteiger partial charge >= 0.3 is 6.03 Å². The van der Waals surface area contributed by atoms with E-state index in [1.165, 1.54) is 0 Å². The monoisotopic (exact) mass is 285 g/mol. The summed E-state index contributed by atoms with van der Waals surface area (Å²) in [5.41, 5.74) is -0.351. The van der Waals surface area contributed by atoms with Gasteiger partial charge in [-0.2, -0.15) is 0 Å². The largest absolute Gasteiger partial charge is 0.361 e. The minimum Gasteiger partial charge on any atom is -0.361 e. The summed E-state index contributed by atoms with van der Waals surface area (Å²) < 4.78 is 5.25. The van der Waals surface area contributed by atoms with Crippen molar-refractivity contribution in [3.8, 4) is 0 Å². The van der Waals surface area contributed by atoms with Gasteiger partial charge in [-0.15, -0.1) is 0 Å². The summed E-state index contributed by atoms with van der Waals surface area (Å²) in [6.45, 7) is 11.1. The first-order chi connectivity index (χ1) is 9.42. The molecule has 6 heteroatoms. The van der Waals surface area contributed by atoms with E-state index in [0.29, 0.717) is 39.5 Å². The molecular weight excluding hydrogens is 258 g/mol. The summed E-state index contributed by atoms with van der Waals surface area (Å²) in [5.74, 6) is 0.0396. The van der Waals surface area contributed by atoms with Crippen molar-refractivity contribution in [2.24, 2.45) is 5.41 Å². The lowest BCUT2D eigenvalue weighted by Gasteiger charge is -2.23. The molecule has 0 spiro atoms. The van der Waals surface area contributed by atoms with Crippen LogP contribution in [-0.2, 0) is 9.53 Å². The first-order valence-corrected chi connectivity index (χ1v) is 7.32. The predicted molar refractivity (Wildman–Crippen MR) is 77.2 cm³/mol. The summed E-state index contributed by atoms with van der Waals surface area (Å²) in [5, 5.41) is 2.90. The highest BCUT2D eigenvalue weighted by Crippen LogP contribution is 2.19. The molecule has 0 aromatic carbocycles. The van der Waals surface area contributed by atoms with Crippen molar-refractivity contribution < 1.29 is 14.3 Å². The van der Waals surface area contributed by atoms with E-state index in [2.05, 4.69) is 5.32 Å². The zero-order valence-electron chi connectivity index (χ0n) is 13.1. The molecule has 1 rings (SSSR count). The first kappa shape index (κ1) is 16.8. The smallest absolute Gasteiger partial charge is 0.322 e. The number of rotatable bonds is 8. The van der Waals surface area contributed by atoms with Crippen LogP contribution in [-0.4, -0.2) is 61.3 Å². The molecule has 116 valence electrons. The van der Waals surface area contributed by atoms with Crippen molar-refractivity contribution >= 4 is 11.9 Å². The second-order valence-corrected chi connectivity index (χ2v) is 5.65. The molecular formula is C14H27N3O3. The lowest BCUT2D eigenvalue weighted by molar-refractivity contribution is -0.129. The molecule has 0 saturated carbocycles. The van der Waals surface area contributed by atoms with Gasteiger partial charge in [-0.05, 0) is 13.3 Å². The van der Waals surface area contributed by atoms with Gasteiger partial charge < -0.3 is 15.0 Å². The van der Waals surface area contributed by atoms with Crippen molar-refractivity contribution in [1.29, 1.82) is 0 Å². The Kier molecular flexibility index (Phi) is 6.26. The van der Waals surface area contributed by atoms with Crippen LogP contribution in [0.2, 0.25) is 0 Å². The number of ether oxygens (including phenoxy) is 1. The third-order valence-electron chi connectivity index (χ3n) is 3.80. The second kappa shape index (κ2) is 7.47. The second-order valence-electron chi connectivity index (χ2n) is 5.65. The number of hydrogen-bond acceptors (Lipinski definition) is 3. The molecule has 0 radical (unpaired) electrons. The van der Waals surface area contributed by atoms with Crippen LogP contribution >= 0.6 is 0 Å². The summed E-state index contributed by atoms with van der Waals surface area (Å²) in [4.78, 5) is 27.3. The van der Waals surface area contributed by atoms with E-state index in [-0.39, 0.29) is 17.4 Å². The summed E-state index contributed by atoms with van der Waals surface area (Å²) in [6, 6.07) is -0.0116. The molecule has 1 aliphatic heterocycles. The fourth-order valence-electron chi connectivity index (χ4n) is 1.87. The first-order valence-electron chi connectivity index (χ1n) is 7.32. The Morgan fingerprint density at radius 3 is 2.55 bits per heavy atom. The van der Waals surface area contributed by atoms with E-state index >= 15 is 0 Å². The van der Waals surface area contributed by atoms with Crippen LogP contribution in [0, 0.1) is 5.41 Å². The van der Waals surface area contributed by atoms with Crippen LogP contribution in [0.3, 0.4) is 0 Å². The molecule has 1 saturated heterocycles. The molecule has 0 bridgehead atoms. The molecule has 0 aliphatic carbocycles. The minimum atomic E-state index is -0.351. The van der Waals surface area contributed by atoms with Crippen molar-refractivity contribution in [2.75, 3.05) is 39.5 Å². The van der Waals surface area contributed by atoms with Gasteiger partial charge in [0.05, 0.1) is 0 Å². The van der Waals surface area contributed by atoms with Crippen molar-refractivity contribution in [2.45, 2.75) is 34.1 Å². The molecule has 3 amide bonds. The number of carbonyl (C=O) groups excluding carboxylic acids is 2. The third-order valence-corrected chi connectivity index (χ3v) is 3.80. The average Bonchev–Trinajstić information content (AvgIpc) is 2.77. The quantitative estimate of drug-likeness (QED) is 0.730. The molecule has 0 unspecified atom stereocenters.